The Morgan fingerprint density at radius 3 is 2.23 bits per heavy atom. The summed E-state index contributed by atoms with van der Waals surface area (Å²) in [5.74, 6) is -4.34. The summed E-state index contributed by atoms with van der Waals surface area (Å²) >= 11 is 13.1. The fourth-order valence-corrected chi connectivity index (χ4v) is 11.9. The number of ether oxygens (including phenoxy) is 4. The zero-order chi connectivity index (χ0) is 49.3. The number of nitrogens with one attached hydrogen (secondary N) is 1. The summed E-state index contributed by atoms with van der Waals surface area (Å²) in [6.07, 6.45) is 4.78. The molecule has 1 amide bonds. The third kappa shape index (κ3) is 11.0. The Hall–Kier alpha value is -6.05. The number of carboxylic acids is 1. The summed E-state index contributed by atoms with van der Waals surface area (Å²) in [4.78, 5) is 42.1. The largest absolute Gasteiger partial charge is 0.619 e. The number of fused-ring (bicyclic) bond motifs is 3. The smallest absolute Gasteiger partial charge is 0.408 e. The average molecular weight is 1020 g/mol. The molecule has 15 nitrogen and oxygen atoms in total. The van der Waals surface area contributed by atoms with Gasteiger partial charge in [-0.25, -0.2) is 18.0 Å². The molecule has 4 aromatic carbocycles. The minimum atomic E-state index is -4.61. The molecule has 5 aliphatic rings. The number of carboxylic acid groups (broad SMARTS) is 1. The van der Waals surface area contributed by atoms with Crippen molar-refractivity contribution in [1.82, 2.24) is 14.5 Å². The van der Waals surface area contributed by atoms with Crippen LogP contribution in [0.15, 0.2) is 114 Å². The lowest BCUT2D eigenvalue weighted by Gasteiger charge is -2.48. The van der Waals surface area contributed by atoms with Crippen LogP contribution in [0.3, 0.4) is 0 Å². The average Bonchev–Trinajstić information content (AvgIpc) is 4.16. The molecule has 368 valence electrons. The lowest BCUT2D eigenvalue weighted by atomic mass is 9.75. The SMILES string of the molecule is O=C(N[C@@H](c1ccccc1)c1cccc(OC(=O)c2cccc(S(=O)(=O)N3CC(C(=O)O)C3[C@@H](Cc3c(Cl)c[n+]([O-])cc3Cl)c3ccc(OC(F)F)c(OCC4CC4)c3)c2)c1)O[C@H]1CN2CCC1CC2. The Kier molecular flexibility index (Phi) is 14.5. The number of sulfonamides is 1. The molecule has 1 aliphatic carbocycles. The van der Waals surface area contributed by atoms with Gasteiger partial charge in [-0.2, -0.15) is 17.8 Å². The van der Waals surface area contributed by atoms with Crippen LogP contribution in [0, 0.1) is 23.0 Å². The molecule has 5 aromatic rings. The molecule has 5 atom stereocenters. The number of alkyl halides is 2. The zero-order valence-electron chi connectivity index (χ0n) is 37.4. The van der Waals surface area contributed by atoms with Gasteiger partial charge in [-0.1, -0.05) is 77.8 Å². The van der Waals surface area contributed by atoms with Gasteiger partial charge in [-0.15, -0.1) is 0 Å². The Balaban J connectivity index is 0.983. The van der Waals surface area contributed by atoms with Crippen molar-refractivity contribution in [2.45, 2.75) is 67.7 Å². The van der Waals surface area contributed by atoms with E-state index in [0.717, 1.165) is 67.1 Å². The first kappa shape index (κ1) is 49.0. The molecule has 5 fully saturated rings. The fourth-order valence-electron chi connectivity index (χ4n) is 9.57. The van der Waals surface area contributed by atoms with Crippen LogP contribution < -0.4 is 24.3 Å². The van der Waals surface area contributed by atoms with E-state index in [-0.39, 0.29) is 73.9 Å². The molecule has 4 saturated heterocycles. The summed E-state index contributed by atoms with van der Waals surface area (Å²) in [5.41, 5.74) is 1.66. The number of carbonyl (C=O) groups is 3. The van der Waals surface area contributed by atoms with Gasteiger partial charge in [-0.05, 0) is 116 Å². The first-order valence-electron chi connectivity index (χ1n) is 22.8. The predicted molar refractivity (Wildman–Crippen MR) is 251 cm³/mol. The maximum Gasteiger partial charge on any atom is 0.408 e. The Morgan fingerprint density at radius 1 is 0.843 bits per heavy atom. The van der Waals surface area contributed by atoms with E-state index in [0.29, 0.717) is 22.8 Å². The van der Waals surface area contributed by atoms with Crippen LogP contribution in [0.4, 0.5) is 13.6 Å². The number of aromatic nitrogens is 1. The van der Waals surface area contributed by atoms with E-state index in [1.54, 1.807) is 24.3 Å². The number of amides is 1. The quantitative estimate of drug-likeness (QED) is 0.0371. The second-order valence-corrected chi connectivity index (χ2v) is 20.7. The first-order chi connectivity index (χ1) is 33.6. The van der Waals surface area contributed by atoms with Crippen LogP contribution >= 0.6 is 23.2 Å². The number of piperidine rings is 3. The Bertz CT molecular complexity index is 2850. The topological polar surface area (TPSA) is 188 Å². The third-order valence-electron chi connectivity index (χ3n) is 13.4. The molecule has 2 N–H and O–H groups in total. The monoisotopic (exact) mass is 1020 g/mol. The van der Waals surface area contributed by atoms with Crippen molar-refractivity contribution in [2.75, 3.05) is 32.8 Å². The molecular formula is C50H48Cl2F2N4O11S. The molecule has 20 heteroatoms. The Morgan fingerprint density at radius 2 is 1.56 bits per heavy atom. The number of hydrogen-bond donors (Lipinski definition) is 2. The summed E-state index contributed by atoms with van der Waals surface area (Å²) in [6.45, 7) is -0.811. The van der Waals surface area contributed by atoms with E-state index in [1.165, 1.54) is 36.4 Å². The van der Waals surface area contributed by atoms with Crippen molar-refractivity contribution in [2.24, 2.45) is 17.8 Å². The van der Waals surface area contributed by atoms with Crippen LogP contribution in [-0.4, -0.2) is 92.3 Å². The van der Waals surface area contributed by atoms with Crippen LogP contribution in [0.5, 0.6) is 17.2 Å². The van der Waals surface area contributed by atoms with Crippen LogP contribution in [0.1, 0.15) is 70.3 Å². The number of rotatable bonds is 18. The van der Waals surface area contributed by atoms with Gasteiger partial charge in [0, 0.05) is 30.6 Å². The van der Waals surface area contributed by atoms with Crippen molar-refractivity contribution < 1.29 is 60.4 Å². The lowest BCUT2D eigenvalue weighted by molar-refractivity contribution is -0.605. The van der Waals surface area contributed by atoms with E-state index in [4.69, 9.17) is 42.1 Å². The molecular weight excluding hydrogens is 974 g/mol. The minimum Gasteiger partial charge on any atom is -0.619 e. The molecule has 2 bridgehead atoms. The normalized spacial score (nSPS) is 21.8. The molecule has 1 aromatic heterocycles. The van der Waals surface area contributed by atoms with Gasteiger partial charge >= 0.3 is 24.6 Å². The number of aliphatic carboxylic acids is 1. The molecule has 0 radical (unpaired) electrons. The van der Waals surface area contributed by atoms with E-state index >= 15 is 0 Å². The minimum absolute atomic E-state index is 0.0660. The van der Waals surface area contributed by atoms with Gasteiger partial charge in [0.1, 0.15) is 21.9 Å². The summed E-state index contributed by atoms with van der Waals surface area (Å²) in [5, 5.41) is 25.5. The second kappa shape index (κ2) is 20.7. The predicted octanol–water partition coefficient (Wildman–Crippen LogP) is 8.25. The van der Waals surface area contributed by atoms with E-state index in [9.17, 15) is 41.9 Å². The van der Waals surface area contributed by atoms with Gasteiger partial charge in [-0.3, -0.25) is 9.69 Å². The number of esters is 1. The number of halogens is 4. The number of carbonyl (C=O) groups excluding carboxylic acids is 2. The molecule has 2 unspecified atom stereocenters. The molecule has 70 heavy (non-hydrogen) atoms. The Labute approximate surface area is 412 Å². The van der Waals surface area contributed by atoms with Crippen molar-refractivity contribution >= 4 is 51.3 Å². The lowest BCUT2D eigenvalue weighted by Crippen LogP contribution is -2.63. The zero-order valence-corrected chi connectivity index (χ0v) is 39.7. The second-order valence-electron chi connectivity index (χ2n) is 18.0. The van der Waals surface area contributed by atoms with E-state index < -0.39 is 65.1 Å². The highest BCUT2D eigenvalue weighted by molar-refractivity contribution is 7.89. The van der Waals surface area contributed by atoms with Gasteiger partial charge in [0.15, 0.2) is 23.9 Å². The van der Waals surface area contributed by atoms with Crippen molar-refractivity contribution in [3.63, 3.8) is 0 Å². The van der Waals surface area contributed by atoms with Crippen molar-refractivity contribution in [3.05, 3.63) is 153 Å². The van der Waals surface area contributed by atoms with Gasteiger partial charge < -0.3 is 34.6 Å². The van der Waals surface area contributed by atoms with Crippen LogP contribution in [0.2, 0.25) is 10.0 Å². The van der Waals surface area contributed by atoms with Crippen LogP contribution in [0.25, 0.3) is 0 Å². The summed E-state index contributed by atoms with van der Waals surface area (Å²) in [7, 11) is -4.61. The standard InChI is InChI=1S/C50H48Cl2F2N4O11S/c51-40-25-57(63)26-41(52)38(40)23-37(32-14-15-42(68-49(53)54)43(22-32)66-28-29-12-13-29)46-39(47(59)60)24-58(46)70(64,65)36-11-5-9-34(21-36)48(61)67-35-10-4-8-33(20-35)45(31-6-2-1-3-7-31)55-50(62)69-44-27-56-18-16-30(44)17-19-56/h1-11,14-15,20-22,25-26,29-30,37,39,44-46,49H,12-13,16-19,23-24,27-28H2,(H,55,62)(H,59,60)/t37-,39?,44-,45-,46?/m0/s1. The van der Waals surface area contributed by atoms with Gasteiger partial charge in [0.2, 0.25) is 10.0 Å². The number of hydrogen-bond acceptors (Lipinski definition) is 11. The number of alkyl carbamates (subject to hydrolysis) is 1. The van der Waals surface area contributed by atoms with E-state index in [1.807, 2.05) is 30.3 Å². The molecule has 4 aliphatic heterocycles. The first-order valence-corrected chi connectivity index (χ1v) is 25.0. The highest BCUT2D eigenvalue weighted by Crippen LogP contribution is 2.46. The van der Waals surface area contributed by atoms with Crippen molar-refractivity contribution in [3.8, 4) is 17.2 Å². The highest BCUT2D eigenvalue weighted by Gasteiger charge is 2.54. The molecule has 5 heterocycles. The number of pyridine rings is 1. The maximum atomic E-state index is 14.7. The highest BCUT2D eigenvalue weighted by atomic mass is 35.5. The fraction of sp³-hybridized carbons (Fsp3) is 0.360. The number of nitrogens with zero attached hydrogens (tertiary/aromatic N) is 3. The van der Waals surface area contributed by atoms with E-state index in [2.05, 4.69) is 10.2 Å². The molecule has 1 saturated carbocycles. The summed E-state index contributed by atoms with van der Waals surface area (Å²) < 4.78 is 80.4. The third-order valence-corrected chi connectivity index (χ3v) is 16.0. The molecule has 10 rings (SSSR count). The van der Waals surface area contributed by atoms with Gasteiger partial charge in [0.05, 0.1) is 29.0 Å². The van der Waals surface area contributed by atoms with Crippen molar-refractivity contribution in [1.29, 1.82) is 0 Å². The number of benzene rings is 4. The maximum absolute atomic E-state index is 14.7. The molecule has 0 spiro atoms. The van der Waals surface area contributed by atoms with Gasteiger partial charge in [0.25, 0.3) is 0 Å². The van der Waals surface area contributed by atoms with Crippen LogP contribution in [-0.2, 0) is 26.0 Å². The summed E-state index contributed by atoms with van der Waals surface area (Å²) in [6, 6.07) is 22.9.